The minimum Gasteiger partial charge on any atom is -0.319 e. The molecule has 0 saturated carbocycles. The Hall–Kier alpha value is -2.77. The highest BCUT2D eigenvalue weighted by molar-refractivity contribution is 7.18. The van der Waals surface area contributed by atoms with Gasteiger partial charge in [0, 0.05) is 0 Å². The third-order valence-electron chi connectivity index (χ3n) is 5.32. The van der Waals surface area contributed by atoms with Crippen molar-refractivity contribution in [1.29, 1.82) is 0 Å². The van der Waals surface area contributed by atoms with E-state index in [1.807, 2.05) is 73.5 Å². The van der Waals surface area contributed by atoms with E-state index in [4.69, 9.17) is 4.98 Å². The molecule has 1 aliphatic rings. The Morgan fingerprint density at radius 2 is 1.82 bits per heavy atom. The number of para-hydroxylation sites is 1. The summed E-state index contributed by atoms with van der Waals surface area (Å²) in [4.78, 5) is 33.6. The van der Waals surface area contributed by atoms with Gasteiger partial charge in [-0.15, -0.1) is 11.3 Å². The number of rotatable bonds is 5. The minimum absolute atomic E-state index is 0.0263. The van der Waals surface area contributed by atoms with Crippen LogP contribution in [-0.2, 0) is 10.3 Å². The van der Waals surface area contributed by atoms with Crippen molar-refractivity contribution in [2.24, 2.45) is 0 Å². The van der Waals surface area contributed by atoms with Gasteiger partial charge in [0.1, 0.15) is 10.5 Å². The molecule has 1 fully saturated rings. The number of carbonyl (C=O) groups is 2. The van der Waals surface area contributed by atoms with E-state index in [1.165, 1.54) is 4.90 Å². The maximum Gasteiger partial charge on any atom is 0.326 e. The number of hydrogen-bond acceptors (Lipinski definition) is 5. The zero-order valence-electron chi connectivity index (χ0n) is 16.0. The lowest BCUT2D eigenvalue weighted by Gasteiger charge is -2.27. The number of benzene rings is 2. The monoisotopic (exact) mass is 394 g/mol. The summed E-state index contributed by atoms with van der Waals surface area (Å²) in [5.74, 6) is -0.243. The van der Waals surface area contributed by atoms with Gasteiger partial charge in [0.25, 0.3) is 5.91 Å². The molecular weight excluding hydrogens is 372 g/mol. The summed E-state index contributed by atoms with van der Waals surface area (Å²) in [7, 11) is 1.90. The number of imide groups is 1. The molecule has 2 atom stereocenters. The van der Waals surface area contributed by atoms with Crippen molar-refractivity contribution in [3.8, 4) is 0 Å². The molecule has 0 unspecified atom stereocenters. The fourth-order valence-electron chi connectivity index (χ4n) is 3.40. The molecule has 2 aromatic carbocycles. The van der Waals surface area contributed by atoms with Crippen LogP contribution in [0, 0.1) is 0 Å². The van der Waals surface area contributed by atoms with Gasteiger partial charge in [-0.3, -0.25) is 9.69 Å². The zero-order chi connectivity index (χ0) is 19.9. The Morgan fingerprint density at radius 3 is 2.54 bits per heavy atom. The molecule has 1 aliphatic heterocycles. The number of urea groups is 1. The van der Waals surface area contributed by atoms with E-state index in [1.54, 1.807) is 18.3 Å². The average molecular weight is 395 g/mol. The van der Waals surface area contributed by atoms with Crippen LogP contribution in [0.1, 0.15) is 30.5 Å². The molecule has 1 N–H and O–H groups in total. The second kappa shape index (κ2) is 7.00. The number of nitrogens with zero attached hydrogens (tertiary/aromatic N) is 3. The SMILES string of the molecule is C[C@H](c1nc2ccccc2s1)N(C)CN1C(=O)N[C@](C)(c2ccccc2)C1=O. The first kappa shape index (κ1) is 18.6. The first-order valence-electron chi connectivity index (χ1n) is 9.15. The number of thiazole rings is 1. The van der Waals surface area contributed by atoms with Crippen molar-refractivity contribution < 1.29 is 9.59 Å². The van der Waals surface area contributed by atoms with E-state index < -0.39 is 5.54 Å². The summed E-state index contributed by atoms with van der Waals surface area (Å²) in [5.41, 5.74) is 0.699. The molecule has 3 amide bonds. The number of hydrogen-bond donors (Lipinski definition) is 1. The molecule has 2 heterocycles. The van der Waals surface area contributed by atoms with E-state index in [0.29, 0.717) is 0 Å². The van der Waals surface area contributed by atoms with Gasteiger partial charge in [0.05, 0.1) is 22.9 Å². The summed E-state index contributed by atoms with van der Waals surface area (Å²) in [5, 5.41) is 3.81. The summed E-state index contributed by atoms with van der Waals surface area (Å²) >= 11 is 1.63. The Bertz CT molecular complexity index is 1000. The van der Waals surface area contributed by atoms with Gasteiger partial charge in [0.15, 0.2) is 0 Å². The molecule has 1 aromatic heterocycles. The normalized spacial score (nSPS) is 20.8. The van der Waals surface area contributed by atoms with Gasteiger partial charge < -0.3 is 5.32 Å². The molecule has 3 aromatic rings. The molecule has 0 bridgehead atoms. The van der Waals surface area contributed by atoms with Crippen molar-refractivity contribution in [3.63, 3.8) is 0 Å². The Kier molecular flexibility index (Phi) is 4.64. The highest BCUT2D eigenvalue weighted by atomic mass is 32.1. The fourth-order valence-corrected chi connectivity index (χ4v) is 4.48. The minimum atomic E-state index is -1.04. The lowest BCUT2D eigenvalue weighted by atomic mass is 9.92. The Morgan fingerprint density at radius 1 is 1.14 bits per heavy atom. The Balaban J connectivity index is 1.53. The second-order valence-corrected chi connectivity index (χ2v) is 8.31. The number of amides is 3. The van der Waals surface area contributed by atoms with Crippen LogP contribution in [-0.4, -0.2) is 40.4 Å². The van der Waals surface area contributed by atoms with Crippen LogP contribution in [0.4, 0.5) is 4.79 Å². The topological polar surface area (TPSA) is 65.5 Å². The predicted molar refractivity (Wildman–Crippen MR) is 110 cm³/mol. The van der Waals surface area contributed by atoms with Crippen LogP contribution in [0.15, 0.2) is 54.6 Å². The second-order valence-electron chi connectivity index (χ2n) is 7.25. The van der Waals surface area contributed by atoms with E-state index in [2.05, 4.69) is 5.32 Å². The van der Waals surface area contributed by atoms with Crippen molar-refractivity contribution in [1.82, 2.24) is 20.1 Å². The van der Waals surface area contributed by atoms with E-state index >= 15 is 0 Å². The van der Waals surface area contributed by atoms with Gasteiger partial charge in [0.2, 0.25) is 0 Å². The smallest absolute Gasteiger partial charge is 0.319 e. The van der Waals surface area contributed by atoms with Crippen molar-refractivity contribution in [2.75, 3.05) is 13.7 Å². The lowest BCUT2D eigenvalue weighted by Crippen LogP contribution is -2.43. The molecule has 1 saturated heterocycles. The first-order valence-corrected chi connectivity index (χ1v) is 9.97. The van der Waals surface area contributed by atoms with E-state index in [0.717, 1.165) is 20.8 Å². The third-order valence-corrected chi connectivity index (χ3v) is 6.53. The van der Waals surface area contributed by atoms with Gasteiger partial charge in [-0.1, -0.05) is 42.5 Å². The van der Waals surface area contributed by atoms with Crippen LogP contribution >= 0.6 is 11.3 Å². The van der Waals surface area contributed by atoms with Gasteiger partial charge in [-0.2, -0.15) is 0 Å². The molecule has 28 heavy (non-hydrogen) atoms. The van der Waals surface area contributed by atoms with Crippen molar-refractivity contribution >= 4 is 33.5 Å². The van der Waals surface area contributed by atoms with Crippen LogP contribution < -0.4 is 5.32 Å². The molecule has 0 spiro atoms. The zero-order valence-corrected chi connectivity index (χ0v) is 16.9. The highest BCUT2D eigenvalue weighted by Gasteiger charge is 2.49. The van der Waals surface area contributed by atoms with Crippen molar-refractivity contribution in [2.45, 2.75) is 25.4 Å². The highest BCUT2D eigenvalue weighted by Crippen LogP contribution is 2.31. The van der Waals surface area contributed by atoms with Crippen LogP contribution in [0.25, 0.3) is 10.2 Å². The van der Waals surface area contributed by atoms with Crippen LogP contribution in [0.3, 0.4) is 0 Å². The van der Waals surface area contributed by atoms with E-state index in [-0.39, 0.29) is 24.6 Å². The van der Waals surface area contributed by atoms with Crippen molar-refractivity contribution in [3.05, 3.63) is 65.2 Å². The number of fused-ring (bicyclic) bond motifs is 1. The molecule has 7 heteroatoms. The summed E-state index contributed by atoms with van der Waals surface area (Å²) in [6, 6.07) is 16.9. The molecule has 4 rings (SSSR count). The molecular formula is C21H22N4O2S. The lowest BCUT2D eigenvalue weighted by molar-refractivity contribution is -0.132. The van der Waals surface area contributed by atoms with E-state index in [9.17, 15) is 9.59 Å². The van der Waals surface area contributed by atoms with Gasteiger partial charge >= 0.3 is 6.03 Å². The Labute approximate surface area is 167 Å². The van der Waals surface area contributed by atoms with Gasteiger partial charge in [-0.05, 0) is 38.6 Å². The van der Waals surface area contributed by atoms with Crippen LogP contribution in [0.2, 0.25) is 0 Å². The number of nitrogens with one attached hydrogen (secondary N) is 1. The quantitative estimate of drug-likeness (QED) is 0.670. The number of carbonyl (C=O) groups excluding carboxylic acids is 2. The van der Waals surface area contributed by atoms with Crippen LogP contribution in [0.5, 0.6) is 0 Å². The maximum absolute atomic E-state index is 13.1. The molecule has 0 radical (unpaired) electrons. The summed E-state index contributed by atoms with van der Waals surface area (Å²) in [6.07, 6.45) is 0. The first-order chi connectivity index (χ1) is 13.4. The van der Waals surface area contributed by atoms with Gasteiger partial charge in [-0.25, -0.2) is 14.7 Å². The third kappa shape index (κ3) is 3.06. The molecule has 6 nitrogen and oxygen atoms in total. The fraction of sp³-hybridized carbons (Fsp3) is 0.286. The average Bonchev–Trinajstić information content (AvgIpc) is 3.23. The largest absolute Gasteiger partial charge is 0.326 e. The summed E-state index contributed by atoms with van der Waals surface area (Å²) < 4.78 is 1.13. The standard InChI is InChI=1S/C21H22N4O2S/c1-14(18-22-16-11-7-8-12-17(16)28-18)24(3)13-25-19(26)21(2,23-20(25)27)15-9-5-4-6-10-15/h4-12,14H,13H2,1-3H3,(H,23,27)/t14-,21-/m1/s1. The number of aromatic nitrogens is 1. The maximum atomic E-state index is 13.1. The molecule has 144 valence electrons. The molecule has 0 aliphatic carbocycles. The summed E-state index contributed by atoms with van der Waals surface area (Å²) in [6.45, 7) is 3.98. The predicted octanol–water partition coefficient (Wildman–Crippen LogP) is 3.71.